The van der Waals surface area contributed by atoms with Crippen LogP contribution in [-0.4, -0.2) is 48.6 Å². The van der Waals surface area contributed by atoms with Gasteiger partial charge in [0.2, 0.25) is 12.3 Å². The zero-order chi connectivity index (χ0) is 34.8. The molecule has 0 saturated carbocycles. The predicted molar refractivity (Wildman–Crippen MR) is 186 cm³/mol. The lowest BCUT2D eigenvalue weighted by Crippen LogP contribution is -2.48. The summed E-state index contributed by atoms with van der Waals surface area (Å²) in [5, 5.41) is 6.72. The molecule has 1 heterocycles. The number of nitrogens with zero attached hydrogens (tertiary/aromatic N) is 1. The lowest BCUT2D eigenvalue weighted by molar-refractivity contribution is -0.200. The highest BCUT2D eigenvalue weighted by molar-refractivity contribution is 5.92. The fraction of sp³-hybridized carbons (Fsp3) is 0.333. The number of carbonyl (C=O) groups is 4. The van der Waals surface area contributed by atoms with E-state index >= 15 is 0 Å². The number of amides is 3. The Balaban J connectivity index is 1.29. The largest absolute Gasteiger partial charge is 0.462 e. The molecule has 3 aromatic carbocycles. The van der Waals surface area contributed by atoms with Crippen LogP contribution in [0, 0.1) is 5.92 Å². The van der Waals surface area contributed by atoms with Gasteiger partial charge in [-0.3, -0.25) is 19.2 Å². The summed E-state index contributed by atoms with van der Waals surface area (Å²) in [7, 11) is 0. The van der Waals surface area contributed by atoms with Gasteiger partial charge in [-0.15, -0.1) is 0 Å². The van der Waals surface area contributed by atoms with Gasteiger partial charge in [-0.2, -0.15) is 0 Å². The SMILES string of the molecule is CCCCCC(C(=O)NCNC(=O)c1ccc(-c2ccc(C(=O)OCCc3ccccc3)cc2)o1)[C@@H](CC)N(C=O)OCc1ccccc1. The van der Waals surface area contributed by atoms with Crippen molar-refractivity contribution in [2.75, 3.05) is 13.3 Å². The molecule has 0 spiro atoms. The molecule has 4 aromatic rings. The molecule has 2 N–H and O–H groups in total. The Morgan fingerprint density at radius 1 is 0.837 bits per heavy atom. The quantitative estimate of drug-likeness (QED) is 0.0353. The highest BCUT2D eigenvalue weighted by Crippen LogP contribution is 2.24. The fourth-order valence-electron chi connectivity index (χ4n) is 5.49. The average molecular weight is 668 g/mol. The Kier molecular flexibility index (Phi) is 14.6. The normalized spacial score (nSPS) is 12.0. The number of benzene rings is 3. The molecule has 2 atom stereocenters. The van der Waals surface area contributed by atoms with Crippen LogP contribution in [0.5, 0.6) is 0 Å². The van der Waals surface area contributed by atoms with Crippen molar-refractivity contribution >= 4 is 24.2 Å². The van der Waals surface area contributed by atoms with Gasteiger partial charge in [-0.25, -0.2) is 9.86 Å². The number of rotatable bonds is 20. The van der Waals surface area contributed by atoms with Crippen molar-refractivity contribution in [2.24, 2.45) is 5.92 Å². The molecule has 0 aliphatic rings. The molecule has 10 nitrogen and oxygen atoms in total. The summed E-state index contributed by atoms with van der Waals surface area (Å²) in [4.78, 5) is 56.7. The zero-order valence-electron chi connectivity index (χ0n) is 28.1. The number of hydroxylamine groups is 2. The van der Waals surface area contributed by atoms with E-state index in [0.717, 1.165) is 30.4 Å². The smallest absolute Gasteiger partial charge is 0.338 e. The number of carbonyl (C=O) groups excluding carboxylic acids is 4. The van der Waals surface area contributed by atoms with Crippen LogP contribution < -0.4 is 10.6 Å². The number of hydrogen-bond donors (Lipinski definition) is 2. The fourth-order valence-corrected chi connectivity index (χ4v) is 5.49. The first-order valence-electron chi connectivity index (χ1n) is 16.8. The second-order valence-corrected chi connectivity index (χ2v) is 11.6. The van der Waals surface area contributed by atoms with Crippen molar-refractivity contribution in [1.29, 1.82) is 0 Å². The van der Waals surface area contributed by atoms with Gasteiger partial charge in [0.25, 0.3) is 5.91 Å². The Morgan fingerprint density at radius 3 is 2.18 bits per heavy atom. The first-order chi connectivity index (χ1) is 23.9. The number of hydrogen-bond acceptors (Lipinski definition) is 7. The van der Waals surface area contributed by atoms with Crippen LogP contribution in [0.2, 0.25) is 0 Å². The molecule has 0 fully saturated rings. The van der Waals surface area contributed by atoms with Crippen LogP contribution in [0.15, 0.2) is 101 Å². The molecule has 1 aromatic heterocycles. The Labute approximate surface area is 287 Å². The lowest BCUT2D eigenvalue weighted by atomic mass is 9.90. The molecule has 3 amide bonds. The van der Waals surface area contributed by atoms with Crippen molar-refractivity contribution in [1.82, 2.24) is 15.7 Å². The summed E-state index contributed by atoms with van der Waals surface area (Å²) >= 11 is 0. The number of nitrogens with one attached hydrogen (secondary N) is 2. The molecule has 49 heavy (non-hydrogen) atoms. The average Bonchev–Trinajstić information content (AvgIpc) is 3.64. The zero-order valence-corrected chi connectivity index (χ0v) is 28.1. The second-order valence-electron chi connectivity index (χ2n) is 11.6. The lowest BCUT2D eigenvalue weighted by Gasteiger charge is -2.32. The van der Waals surface area contributed by atoms with Gasteiger partial charge < -0.3 is 19.8 Å². The molecule has 10 heteroatoms. The van der Waals surface area contributed by atoms with Crippen molar-refractivity contribution in [3.8, 4) is 11.3 Å². The van der Waals surface area contributed by atoms with E-state index in [-0.39, 0.29) is 31.5 Å². The minimum Gasteiger partial charge on any atom is -0.462 e. The van der Waals surface area contributed by atoms with E-state index in [2.05, 4.69) is 17.6 Å². The number of unbranched alkanes of at least 4 members (excludes halogenated alkanes) is 2. The van der Waals surface area contributed by atoms with E-state index in [9.17, 15) is 19.2 Å². The van der Waals surface area contributed by atoms with Crippen LogP contribution in [0.4, 0.5) is 0 Å². The van der Waals surface area contributed by atoms with Gasteiger partial charge in [0.05, 0.1) is 30.8 Å². The van der Waals surface area contributed by atoms with E-state index in [1.807, 2.05) is 67.6 Å². The second kappa shape index (κ2) is 19.6. The first-order valence-corrected chi connectivity index (χ1v) is 16.8. The molecule has 0 radical (unpaired) electrons. The van der Waals surface area contributed by atoms with Crippen molar-refractivity contribution in [3.63, 3.8) is 0 Å². The van der Waals surface area contributed by atoms with Crippen molar-refractivity contribution in [3.05, 3.63) is 120 Å². The van der Waals surface area contributed by atoms with E-state index < -0.39 is 23.8 Å². The van der Waals surface area contributed by atoms with E-state index in [4.69, 9.17) is 14.0 Å². The van der Waals surface area contributed by atoms with Gasteiger partial charge in [0.1, 0.15) is 12.4 Å². The monoisotopic (exact) mass is 667 g/mol. The van der Waals surface area contributed by atoms with Crippen molar-refractivity contribution in [2.45, 2.75) is 65.0 Å². The Bertz CT molecular complexity index is 1610. The summed E-state index contributed by atoms with van der Waals surface area (Å²) in [6, 6.07) is 28.8. The van der Waals surface area contributed by atoms with Crippen LogP contribution in [0.3, 0.4) is 0 Å². The van der Waals surface area contributed by atoms with Gasteiger partial charge in [0, 0.05) is 12.0 Å². The predicted octanol–water partition coefficient (Wildman–Crippen LogP) is 6.71. The molecule has 258 valence electrons. The first kappa shape index (κ1) is 36.6. The van der Waals surface area contributed by atoms with Crippen molar-refractivity contribution < 1.29 is 33.2 Å². The third-order valence-corrected chi connectivity index (χ3v) is 8.21. The highest BCUT2D eigenvalue weighted by atomic mass is 16.7. The number of ether oxygens (including phenoxy) is 1. The molecule has 0 bridgehead atoms. The van der Waals surface area contributed by atoms with Crippen LogP contribution >= 0.6 is 0 Å². The summed E-state index contributed by atoms with van der Waals surface area (Å²) in [5.41, 5.74) is 3.10. The van der Waals surface area contributed by atoms with Gasteiger partial charge in [0.15, 0.2) is 5.76 Å². The number of esters is 1. The van der Waals surface area contributed by atoms with E-state index in [1.54, 1.807) is 36.4 Å². The molecule has 0 saturated heterocycles. The Morgan fingerprint density at radius 2 is 1.53 bits per heavy atom. The van der Waals surface area contributed by atoms with E-state index in [1.165, 1.54) is 5.06 Å². The topological polar surface area (TPSA) is 127 Å². The maximum absolute atomic E-state index is 13.4. The molecule has 0 aliphatic heterocycles. The Hall–Kier alpha value is -5.22. The summed E-state index contributed by atoms with van der Waals surface area (Å²) in [6.45, 7) is 4.35. The molecular weight excluding hydrogens is 622 g/mol. The van der Waals surface area contributed by atoms with Crippen LogP contribution in [-0.2, 0) is 32.2 Å². The van der Waals surface area contributed by atoms with E-state index in [0.29, 0.717) is 42.6 Å². The minimum absolute atomic E-state index is 0.0704. The van der Waals surface area contributed by atoms with Gasteiger partial charge >= 0.3 is 5.97 Å². The third-order valence-electron chi connectivity index (χ3n) is 8.21. The molecular formula is C39H45N3O7. The highest BCUT2D eigenvalue weighted by Gasteiger charge is 2.32. The maximum atomic E-state index is 13.4. The van der Waals surface area contributed by atoms with Gasteiger partial charge in [-0.05, 0) is 48.2 Å². The van der Waals surface area contributed by atoms with Crippen LogP contribution in [0.1, 0.15) is 78.0 Å². The third kappa shape index (κ3) is 11.2. The van der Waals surface area contributed by atoms with Gasteiger partial charge in [-0.1, -0.05) is 106 Å². The molecule has 4 rings (SSSR count). The number of furan rings is 1. The standard InChI is InChI=1S/C39H45N3O7/c1-3-5-8-17-33(34(4-2)42(28-43)48-26-30-15-11-7-12-16-30)37(44)40-27-41-38(45)36-23-22-35(49-36)31-18-20-32(21-19-31)39(46)47-25-24-29-13-9-6-10-14-29/h6-7,9-16,18-23,28,33-34H,3-5,8,17,24-27H2,1-2H3,(H,40,44)(H,41,45)/t33?,34-/m1/s1. The summed E-state index contributed by atoms with van der Waals surface area (Å²) in [6.07, 6.45) is 5.08. The van der Waals surface area contributed by atoms with Crippen LogP contribution in [0.25, 0.3) is 11.3 Å². The summed E-state index contributed by atoms with van der Waals surface area (Å²) in [5.74, 6) is -1.21. The molecule has 0 aliphatic carbocycles. The summed E-state index contributed by atoms with van der Waals surface area (Å²) < 4.78 is 11.2. The minimum atomic E-state index is -0.534. The molecule has 1 unspecified atom stereocenters. The maximum Gasteiger partial charge on any atom is 0.338 e.